The van der Waals surface area contributed by atoms with E-state index in [-0.39, 0.29) is 22.4 Å². The number of carbonyl (C=O) groups is 1. The molecule has 0 radical (unpaired) electrons. The Hall–Kier alpha value is -3.42. The van der Waals surface area contributed by atoms with Crippen LogP contribution in [0.15, 0.2) is 59.4 Å². The van der Waals surface area contributed by atoms with Crippen LogP contribution in [0.3, 0.4) is 0 Å². The van der Waals surface area contributed by atoms with Crippen molar-refractivity contribution in [2.75, 3.05) is 12.4 Å². The molecular weight excluding hydrogens is 463 g/mol. The maximum absolute atomic E-state index is 13.2. The number of rotatable bonds is 5. The molecule has 0 unspecified atom stereocenters. The molecule has 0 spiro atoms. The average Bonchev–Trinajstić information content (AvgIpc) is 2.82. The van der Waals surface area contributed by atoms with Gasteiger partial charge in [0.25, 0.3) is 5.56 Å². The molecule has 1 atom stereocenters. The van der Waals surface area contributed by atoms with Crippen molar-refractivity contribution in [2.45, 2.75) is 13.0 Å². The number of aromatic nitrogens is 3. The Morgan fingerprint density at radius 1 is 1.09 bits per heavy atom. The molecule has 33 heavy (non-hydrogen) atoms. The zero-order valence-electron chi connectivity index (χ0n) is 18.1. The van der Waals surface area contributed by atoms with Crippen molar-refractivity contribution in [3.8, 4) is 11.4 Å². The van der Waals surface area contributed by atoms with Crippen LogP contribution in [-0.4, -0.2) is 27.6 Å². The summed E-state index contributed by atoms with van der Waals surface area (Å²) in [6, 6.07) is 15.7. The van der Waals surface area contributed by atoms with Crippen molar-refractivity contribution in [1.29, 1.82) is 0 Å². The minimum Gasteiger partial charge on any atom is -0.464 e. The molecule has 2 aromatic carbocycles. The Morgan fingerprint density at radius 2 is 1.82 bits per heavy atom. The third kappa shape index (κ3) is 4.42. The molecule has 0 bridgehead atoms. The summed E-state index contributed by atoms with van der Waals surface area (Å²) in [5, 5.41) is 4.22. The van der Waals surface area contributed by atoms with Gasteiger partial charge in [-0.05, 0) is 31.2 Å². The lowest BCUT2D eigenvalue weighted by Crippen LogP contribution is -2.22. The molecule has 2 aromatic heterocycles. The topological polar surface area (TPSA) is 86.1 Å². The lowest BCUT2D eigenvalue weighted by atomic mass is 10.0. The van der Waals surface area contributed by atoms with E-state index in [1.165, 1.54) is 11.7 Å². The van der Waals surface area contributed by atoms with Gasteiger partial charge in [0.1, 0.15) is 11.0 Å². The molecule has 0 saturated carbocycles. The van der Waals surface area contributed by atoms with Crippen LogP contribution in [0.2, 0.25) is 10.2 Å². The maximum Gasteiger partial charge on any atom is 0.358 e. The molecule has 4 rings (SSSR count). The van der Waals surface area contributed by atoms with Crippen LogP contribution in [0.4, 0.5) is 5.69 Å². The Morgan fingerprint density at radius 3 is 2.52 bits per heavy atom. The number of nitrogens with one attached hydrogen (secondary N) is 1. The average molecular weight is 483 g/mol. The first kappa shape index (κ1) is 22.8. The number of hydrogen-bond acceptors (Lipinski definition) is 6. The number of fused-ring (bicyclic) bond motifs is 1. The van der Waals surface area contributed by atoms with Gasteiger partial charge in [0.15, 0.2) is 5.69 Å². The molecule has 0 fully saturated rings. The molecular formula is C24H20Cl2N4O3. The number of pyridine rings is 1. The molecule has 1 N–H and O–H groups in total. The first-order valence-corrected chi connectivity index (χ1v) is 10.8. The fourth-order valence-electron chi connectivity index (χ4n) is 3.66. The molecule has 4 aromatic rings. The zero-order valence-corrected chi connectivity index (χ0v) is 19.6. The lowest BCUT2D eigenvalue weighted by Gasteiger charge is -2.20. The van der Waals surface area contributed by atoms with E-state index < -0.39 is 5.97 Å². The Bertz CT molecular complexity index is 1420. The van der Waals surface area contributed by atoms with Crippen molar-refractivity contribution < 1.29 is 9.53 Å². The zero-order chi connectivity index (χ0) is 23.7. The number of benzene rings is 2. The van der Waals surface area contributed by atoms with Gasteiger partial charge in [-0.25, -0.2) is 14.8 Å². The van der Waals surface area contributed by atoms with E-state index >= 15 is 0 Å². The highest BCUT2D eigenvalue weighted by Gasteiger charge is 2.21. The second-order valence-corrected chi connectivity index (χ2v) is 8.27. The molecule has 0 aliphatic carbocycles. The summed E-state index contributed by atoms with van der Waals surface area (Å²) in [5.74, 6) is -0.0891. The highest BCUT2D eigenvalue weighted by Crippen LogP contribution is 2.30. The molecule has 0 aliphatic heterocycles. The van der Waals surface area contributed by atoms with Crippen LogP contribution in [0.1, 0.15) is 29.0 Å². The van der Waals surface area contributed by atoms with Gasteiger partial charge in [0, 0.05) is 23.2 Å². The fourth-order valence-corrected chi connectivity index (χ4v) is 4.03. The van der Waals surface area contributed by atoms with Gasteiger partial charge in [-0.1, -0.05) is 53.5 Å². The molecule has 0 aliphatic rings. The SMILES string of the molecule is COC(=O)c1nc(Cl)ccc1N[C@H](C)c1cc(Cl)cc2c(=O)n(C)c(-c3ccccc3)nc12. The predicted octanol–water partition coefficient (Wildman–Crippen LogP) is 5.26. The van der Waals surface area contributed by atoms with Gasteiger partial charge >= 0.3 is 5.97 Å². The summed E-state index contributed by atoms with van der Waals surface area (Å²) in [5.41, 5.74) is 2.30. The minimum atomic E-state index is -0.624. The van der Waals surface area contributed by atoms with Crippen LogP contribution in [0.25, 0.3) is 22.3 Å². The van der Waals surface area contributed by atoms with Crippen LogP contribution in [-0.2, 0) is 11.8 Å². The monoisotopic (exact) mass is 482 g/mol. The Labute approximate surface area is 200 Å². The molecule has 168 valence electrons. The third-order valence-electron chi connectivity index (χ3n) is 5.29. The molecule has 9 heteroatoms. The number of nitrogens with zero attached hydrogens (tertiary/aromatic N) is 3. The Balaban J connectivity index is 1.87. The van der Waals surface area contributed by atoms with Gasteiger partial charge in [-0.3, -0.25) is 9.36 Å². The van der Waals surface area contributed by atoms with E-state index in [0.29, 0.717) is 33.0 Å². The summed E-state index contributed by atoms with van der Waals surface area (Å²) in [6.07, 6.45) is 0. The second-order valence-electron chi connectivity index (χ2n) is 7.44. The van der Waals surface area contributed by atoms with Crippen LogP contribution in [0, 0.1) is 0 Å². The first-order valence-electron chi connectivity index (χ1n) is 10.1. The Kier molecular flexibility index (Phi) is 6.35. The molecule has 2 heterocycles. The third-order valence-corrected chi connectivity index (χ3v) is 5.71. The summed E-state index contributed by atoms with van der Waals surface area (Å²) in [7, 11) is 2.95. The molecule has 0 amide bonds. The van der Waals surface area contributed by atoms with Crippen LogP contribution in [0.5, 0.6) is 0 Å². The second kappa shape index (κ2) is 9.21. The number of carbonyl (C=O) groups excluding carboxylic acids is 1. The van der Waals surface area contributed by atoms with Crippen molar-refractivity contribution in [3.05, 3.63) is 86.4 Å². The summed E-state index contributed by atoms with van der Waals surface area (Å²) < 4.78 is 6.33. The van der Waals surface area contributed by atoms with Crippen LogP contribution >= 0.6 is 23.2 Å². The van der Waals surface area contributed by atoms with E-state index in [2.05, 4.69) is 10.3 Å². The lowest BCUT2D eigenvalue weighted by molar-refractivity contribution is 0.0595. The van der Waals surface area contributed by atoms with Gasteiger partial charge < -0.3 is 10.1 Å². The van der Waals surface area contributed by atoms with Crippen molar-refractivity contribution >= 4 is 45.8 Å². The van der Waals surface area contributed by atoms with Crippen LogP contribution < -0.4 is 10.9 Å². The quantitative estimate of drug-likeness (QED) is 0.308. The van der Waals surface area contributed by atoms with E-state index in [9.17, 15) is 9.59 Å². The first-order chi connectivity index (χ1) is 15.8. The van der Waals surface area contributed by atoms with Gasteiger partial charge in [0.05, 0.1) is 29.7 Å². The van der Waals surface area contributed by atoms with Crippen molar-refractivity contribution in [2.24, 2.45) is 7.05 Å². The number of esters is 1. The highest BCUT2D eigenvalue weighted by molar-refractivity contribution is 6.31. The number of methoxy groups -OCH3 is 1. The number of anilines is 1. The number of ether oxygens (including phenoxy) is 1. The van der Waals surface area contributed by atoms with E-state index in [4.69, 9.17) is 32.9 Å². The minimum absolute atomic E-state index is 0.0528. The standard InChI is InChI=1S/C24H20Cl2N4O3/c1-13(27-18-9-10-19(26)28-21(18)24(32)33-3)16-11-15(25)12-17-20(16)29-22(30(2)23(17)31)14-7-5-4-6-8-14/h4-13,27H,1-3H3/t13-/m1/s1. The van der Waals surface area contributed by atoms with Crippen molar-refractivity contribution in [1.82, 2.24) is 14.5 Å². The summed E-state index contributed by atoms with van der Waals surface area (Å²) in [6.45, 7) is 1.88. The predicted molar refractivity (Wildman–Crippen MR) is 130 cm³/mol. The fraction of sp³-hybridized carbons (Fsp3) is 0.167. The van der Waals surface area contributed by atoms with Gasteiger partial charge in [-0.15, -0.1) is 0 Å². The highest BCUT2D eigenvalue weighted by atomic mass is 35.5. The normalized spacial score (nSPS) is 11.9. The molecule has 7 nitrogen and oxygen atoms in total. The van der Waals surface area contributed by atoms with E-state index in [1.807, 2.05) is 37.3 Å². The number of hydrogen-bond donors (Lipinski definition) is 1. The summed E-state index contributed by atoms with van der Waals surface area (Å²) >= 11 is 12.3. The molecule has 0 saturated heterocycles. The maximum atomic E-state index is 13.2. The van der Waals surface area contributed by atoms with E-state index in [0.717, 1.165) is 5.56 Å². The van der Waals surface area contributed by atoms with Gasteiger partial charge in [-0.2, -0.15) is 0 Å². The summed E-state index contributed by atoms with van der Waals surface area (Å²) in [4.78, 5) is 34.3. The smallest absolute Gasteiger partial charge is 0.358 e. The van der Waals surface area contributed by atoms with E-state index in [1.54, 1.807) is 31.3 Å². The van der Waals surface area contributed by atoms with Gasteiger partial charge in [0.2, 0.25) is 0 Å². The number of halogens is 2. The largest absolute Gasteiger partial charge is 0.464 e. The van der Waals surface area contributed by atoms with Crippen molar-refractivity contribution in [3.63, 3.8) is 0 Å².